The summed E-state index contributed by atoms with van der Waals surface area (Å²) in [5.74, 6) is 0.896. The van der Waals surface area contributed by atoms with Crippen molar-refractivity contribution in [1.29, 1.82) is 0 Å². The molecule has 3 nitrogen and oxygen atoms in total. The third kappa shape index (κ3) is 0.638. The topological polar surface area (TPSA) is 47.6 Å². The maximum atomic E-state index is 5.39. The van der Waals surface area contributed by atoms with Crippen molar-refractivity contribution >= 4 is 5.84 Å². The van der Waals surface area contributed by atoms with Gasteiger partial charge in [0.05, 0.1) is 5.92 Å². The van der Waals surface area contributed by atoms with Gasteiger partial charge in [0.15, 0.2) is 0 Å². The summed E-state index contributed by atoms with van der Waals surface area (Å²) in [6, 6.07) is 0. The minimum absolute atomic E-state index is 0.162. The molecule has 0 aromatic rings. The van der Waals surface area contributed by atoms with Crippen LogP contribution in [0.15, 0.2) is 5.16 Å². The van der Waals surface area contributed by atoms with E-state index < -0.39 is 0 Å². The standard InChI is InChI=1S/C5H10N2O/c1-3-4(2)8-7-5(3)6/h3-4H,1-2H3,(H2,6,7). The second-order valence-electron chi connectivity index (χ2n) is 2.12. The molecule has 0 radical (unpaired) electrons. The SMILES string of the molecule is CC1ON=C(N)C1C. The Balaban J connectivity index is 2.59. The lowest BCUT2D eigenvalue weighted by atomic mass is 10.1. The summed E-state index contributed by atoms with van der Waals surface area (Å²) in [6.07, 6.45) is 0.162. The second kappa shape index (κ2) is 1.65. The molecule has 1 heterocycles. The highest BCUT2D eigenvalue weighted by atomic mass is 16.6. The van der Waals surface area contributed by atoms with Gasteiger partial charge in [-0.1, -0.05) is 12.1 Å². The van der Waals surface area contributed by atoms with E-state index in [9.17, 15) is 0 Å². The number of nitrogens with two attached hydrogens (primary N) is 1. The molecule has 0 amide bonds. The highest BCUT2D eigenvalue weighted by Gasteiger charge is 2.23. The quantitative estimate of drug-likeness (QED) is 0.492. The summed E-state index contributed by atoms with van der Waals surface area (Å²) in [5, 5.41) is 3.59. The zero-order valence-corrected chi connectivity index (χ0v) is 5.09. The van der Waals surface area contributed by atoms with Crippen LogP contribution in [-0.2, 0) is 4.84 Å². The monoisotopic (exact) mass is 114 g/mol. The van der Waals surface area contributed by atoms with Gasteiger partial charge in [-0.25, -0.2) is 0 Å². The van der Waals surface area contributed by atoms with E-state index in [-0.39, 0.29) is 12.0 Å². The number of nitrogens with zero attached hydrogens (tertiary/aromatic N) is 1. The van der Waals surface area contributed by atoms with E-state index >= 15 is 0 Å². The van der Waals surface area contributed by atoms with E-state index in [4.69, 9.17) is 10.6 Å². The van der Waals surface area contributed by atoms with Crippen molar-refractivity contribution in [1.82, 2.24) is 0 Å². The van der Waals surface area contributed by atoms with Gasteiger partial charge >= 0.3 is 0 Å². The Morgan fingerprint density at radius 3 is 2.38 bits per heavy atom. The highest BCUT2D eigenvalue weighted by Crippen LogP contribution is 2.13. The molecule has 1 aliphatic rings. The zero-order valence-electron chi connectivity index (χ0n) is 5.09. The zero-order chi connectivity index (χ0) is 6.15. The fourth-order valence-corrected chi connectivity index (χ4v) is 0.559. The van der Waals surface area contributed by atoms with E-state index in [0.717, 1.165) is 0 Å². The first kappa shape index (κ1) is 5.41. The van der Waals surface area contributed by atoms with Gasteiger partial charge in [0.2, 0.25) is 0 Å². The summed E-state index contributed by atoms with van der Waals surface area (Å²) in [6.45, 7) is 3.95. The first-order chi connectivity index (χ1) is 3.72. The van der Waals surface area contributed by atoms with Crippen LogP contribution < -0.4 is 5.73 Å². The number of oxime groups is 1. The Kier molecular flexibility index (Phi) is 1.12. The molecule has 1 rings (SSSR count). The van der Waals surface area contributed by atoms with Crippen LogP contribution in [0.5, 0.6) is 0 Å². The number of hydrogen-bond acceptors (Lipinski definition) is 3. The molecule has 2 unspecified atom stereocenters. The summed E-state index contributed by atoms with van der Waals surface area (Å²) < 4.78 is 0. The normalized spacial score (nSPS) is 36.5. The van der Waals surface area contributed by atoms with Gasteiger partial charge < -0.3 is 10.6 Å². The summed E-state index contributed by atoms with van der Waals surface area (Å²) in [4.78, 5) is 4.84. The molecule has 3 heteroatoms. The van der Waals surface area contributed by atoms with Crippen LogP contribution in [0.3, 0.4) is 0 Å². The van der Waals surface area contributed by atoms with Gasteiger partial charge in [0.25, 0.3) is 0 Å². The molecule has 0 fully saturated rings. The van der Waals surface area contributed by atoms with Crippen molar-refractivity contribution in [2.24, 2.45) is 16.8 Å². The molecule has 0 spiro atoms. The van der Waals surface area contributed by atoms with Crippen LogP contribution in [0.4, 0.5) is 0 Å². The van der Waals surface area contributed by atoms with Gasteiger partial charge in [0.1, 0.15) is 11.9 Å². The first-order valence-electron chi connectivity index (χ1n) is 2.71. The fraction of sp³-hybridized carbons (Fsp3) is 0.800. The summed E-state index contributed by atoms with van der Waals surface area (Å²) in [7, 11) is 0. The van der Waals surface area contributed by atoms with Crippen LogP contribution >= 0.6 is 0 Å². The van der Waals surface area contributed by atoms with Gasteiger partial charge in [0, 0.05) is 0 Å². The molecule has 2 N–H and O–H groups in total. The molecule has 8 heavy (non-hydrogen) atoms. The first-order valence-corrected chi connectivity index (χ1v) is 2.71. The summed E-state index contributed by atoms with van der Waals surface area (Å²) in [5.41, 5.74) is 5.39. The van der Waals surface area contributed by atoms with E-state index in [1.54, 1.807) is 0 Å². The van der Waals surface area contributed by atoms with Gasteiger partial charge in [-0.15, -0.1) is 0 Å². The van der Waals surface area contributed by atoms with Gasteiger partial charge in [-0.3, -0.25) is 0 Å². The highest BCUT2D eigenvalue weighted by molar-refractivity contribution is 5.83. The molecule has 0 bridgehead atoms. The lowest BCUT2D eigenvalue weighted by Gasteiger charge is -2.04. The molecule has 0 aromatic heterocycles. The van der Waals surface area contributed by atoms with E-state index in [1.807, 2.05) is 13.8 Å². The smallest absolute Gasteiger partial charge is 0.146 e. The second-order valence-corrected chi connectivity index (χ2v) is 2.12. The Hall–Kier alpha value is -0.730. The largest absolute Gasteiger partial charge is 0.391 e. The van der Waals surface area contributed by atoms with Crippen LogP contribution in [-0.4, -0.2) is 11.9 Å². The van der Waals surface area contributed by atoms with Crippen molar-refractivity contribution in [3.63, 3.8) is 0 Å². The predicted octanol–water partition coefficient (Wildman–Crippen LogP) is 0.313. The third-order valence-electron chi connectivity index (χ3n) is 1.50. The van der Waals surface area contributed by atoms with E-state index in [0.29, 0.717) is 5.84 Å². The molecular formula is C5H10N2O. The Labute approximate surface area is 48.5 Å². The van der Waals surface area contributed by atoms with Crippen molar-refractivity contribution in [2.75, 3.05) is 0 Å². The predicted molar refractivity (Wildman–Crippen MR) is 31.3 cm³/mol. The van der Waals surface area contributed by atoms with Crippen LogP contribution in [0.25, 0.3) is 0 Å². The molecule has 1 aliphatic heterocycles. The number of amidine groups is 1. The maximum Gasteiger partial charge on any atom is 0.146 e. The van der Waals surface area contributed by atoms with Gasteiger partial charge in [-0.05, 0) is 6.92 Å². The Bertz CT molecular complexity index is 122. The van der Waals surface area contributed by atoms with Crippen molar-refractivity contribution in [3.05, 3.63) is 0 Å². The molecular weight excluding hydrogens is 104 g/mol. The third-order valence-corrected chi connectivity index (χ3v) is 1.50. The van der Waals surface area contributed by atoms with E-state index in [2.05, 4.69) is 5.16 Å². The lowest BCUT2D eigenvalue weighted by molar-refractivity contribution is 0.0799. The lowest BCUT2D eigenvalue weighted by Crippen LogP contribution is -2.23. The molecule has 0 aliphatic carbocycles. The van der Waals surface area contributed by atoms with Crippen LogP contribution in [0.1, 0.15) is 13.8 Å². The maximum absolute atomic E-state index is 5.39. The van der Waals surface area contributed by atoms with Crippen molar-refractivity contribution in [2.45, 2.75) is 20.0 Å². The molecule has 46 valence electrons. The number of rotatable bonds is 0. The van der Waals surface area contributed by atoms with E-state index in [1.165, 1.54) is 0 Å². The average molecular weight is 114 g/mol. The summed E-state index contributed by atoms with van der Waals surface area (Å²) >= 11 is 0. The Morgan fingerprint density at radius 1 is 1.62 bits per heavy atom. The molecule has 2 atom stereocenters. The molecule has 0 saturated carbocycles. The average Bonchev–Trinajstić information content (AvgIpc) is 1.98. The van der Waals surface area contributed by atoms with Gasteiger partial charge in [-0.2, -0.15) is 0 Å². The molecule has 0 saturated heterocycles. The number of hydrogen-bond donors (Lipinski definition) is 1. The van der Waals surface area contributed by atoms with Crippen molar-refractivity contribution in [3.8, 4) is 0 Å². The van der Waals surface area contributed by atoms with Crippen LogP contribution in [0, 0.1) is 5.92 Å². The van der Waals surface area contributed by atoms with Crippen LogP contribution in [0.2, 0.25) is 0 Å². The minimum Gasteiger partial charge on any atom is -0.391 e. The fourth-order valence-electron chi connectivity index (χ4n) is 0.559. The molecule has 0 aromatic carbocycles. The van der Waals surface area contributed by atoms with Crippen molar-refractivity contribution < 1.29 is 4.84 Å². The Morgan fingerprint density at radius 2 is 2.25 bits per heavy atom. The minimum atomic E-state index is 0.162.